The van der Waals surface area contributed by atoms with Crippen LogP contribution in [0.2, 0.25) is 5.02 Å². The number of carboxylic acid groups (broad SMARTS) is 1. The maximum atomic E-state index is 12.6. The second-order valence-electron chi connectivity index (χ2n) is 2.99. The van der Waals surface area contributed by atoms with Gasteiger partial charge >= 0.3 is 5.97 Å². The minimum absolute atomic E-state index is 0.115. The maximum absolute atomic E-state index is 12.6. The van der Waals surface area contributed by atoms with E-state index in [1.807, 2.05) is 0 Å². The molecule has 0 radical (unpaired) electrons. The van der Waals surface area contributed by atoms with Gasteiger partial charge in [0, 0.05) is 6.20 Å². The molecule has 0 bridgehead atoms. The summed E-state index contributed by atoms with van der Waals surface area (Å²) in [6, 6.07) is 0. The zero-order valence-corrected chi connectivity index (χ0v) is 8.55. The zero-order valence-electron chi connectivity index (χ0n) is 7.80. The third-order valence-electron chi connectivity index (χ3n) is 1.84. The van der Waals surface area contributed by atoms with Gasteiger partial charge < -0.3 is 5.11 Å². The molecule has 82 valence electrons. The van der Waals surface area contributed by atoms with E-state index in [2.05, 4.69) is 4.98 Å². The number of hydrogen-bond acceptors (Lipinski definition) is 2. The van der Waals surface area contributed by atoms with Crippen molar-refractivity contribution in [3.8, 4) is 0 Å². The monoisotopic (exact) mass is 235 g/mol. The fourth-order valence-corrected chi connectivity index (χ4v) is 1.39. The van der Waals surface area contributed by atoms with E-state index in [-0.39, 0.29) is 10.7 Å². The minimum Gasteiger partial charge on any atom is -0.481 e. The number of alkyl halides is 2. The molecule has 0 aromatic carbocycles. The number of carbonyl (C=O) groups is 1. The van der Waals surface area contributed by atoms with Crippen LogP contribution < -0.4 is 0 Å². The SMILES string of the molecule is Cc1cnc(CC(=O)O)c(C(F)F)c1Cl. The van der Waals surface area contributed by atoms with Gasteiger partial charge in [0.05, 0.1) is 22.7 Å². The van der Waals surface area contributed by atoms with Gasteiger partial charge in [-0.25, -0.2) is 8.78 Å². The smallest absolute Gasteiger partial charge is 0.309 e. The third-order valence-corrected chi connectivity index (χ3v) is 2.35. The van der Waals surface area contributed by atoms with E-state index >= 15 is 0 Å². The predicted octanol–water partition coefficient (Wildman–Crippen LogP) is 2.61. The fourth-order valence-electron chi connectivity index (χ4n) is 1.15. The van der Waals surface area contributed by atoms with E-state index in [9.17, 15) is 13.6 Å². The van der Waals surface area contributed by atoms with Crippen molar-refractivity contribution < 1.29 is 18.7 Å². The van der Waals surface area contributed by atoms with Crippen LogP contribution in [-0.4, -0.2) is 16.1 Å². The molecule has 0 aliphatic carbocycles. The number of nitrogens with zero attached hydrogens (tertiary/aromatic N) is 1. The second kappa shape index (κ2) is 4.53. The minimum atomic E-state index is -2.82. The van der Waals surface area contributed by atoms with Gasteiger partial charge in [0.2, 0.25) is 0 Å². The van der Waals surface area contributed by atoms with Crippen LogP contribution >= 0.6 is 11.6 Å². The van der Waals surface area contributed by atoms with Crippen molar-refractivity contribution in [3.63, 3.8) is 0 Å². The van der Waals surface area contributed by atoms with Crippen molar-refractivity contribution in [2.24, 2.45) is 0 Å². The first-order valence-electron chi connectivity index (χ1n) is 4.07. The quantitative estimate of drug-likeness (QED) is 0.876. The van der Waals surface area contributed by atoms with Gasteiger partial charge in [0.15, 0.2) is 0 Å². The van der Waals surface area contributed by atoms with E-state index < -0.39 is 24.4 Å². The van der Waals surface area contributed by atoms with Gasteiger partial charge in [0.25, 0.3) is 6.43 Å². The van der Waals surface area contributed by atoms with Gasteiger partial charge in [-0.15, -0.1) is 0 Å². The van der Waals surface area contributed by atoms with Crippen LogP contribution in [0.5, 0.6) is 0 Å². The molecule has 0 spiro atoms. The Balaban J connectivity index is 3.26. The molecule has 1 heterocycles. The molecule has 6 heteroatoms. The number of aliphatic carboxylic acids is 1. The topological polar surface area (TPSA) is 50.2 Å². The lowest BCUT2D eigenvalue weighted by molar-refractivity contribution is -0.136. The van der Waals surface area contributed by atoms with E-state index in [0.717, 1.165) is 0 Å². The molecule has 1 N–H and O–H groups in total. The van der Waals surface area contributed by atoms with Gasteiger partial charge in [-0.3, -0.25) is 9.78 Å². The van der Waals surface area contributed by atoms with Crippen molar-refractivity contribution in [1.82, 2.24) is 4.98 Å². The Morgan fingerprint density at radius 1 is 1.67 bits per heavy atom. The molecule has 0 atom stereocenters. The molecular weight excluding hydrogens is 228 g/mol. The standard InChI is InChI=1S/C9H8ClF2NO2/c1-4-3-13-5(2-6(14)15)7(8(4)10)9(11)12/h3,9H,2H2,1H3,(H,14,15). The average molecular weight is 236 g/mol. The van der Waals surface area contributed by atoms with Crippen LogP contribution in [0.15, 0.2) is 6.20 Å². The van der Waals surface area contributed by atoms with E-state index in [1.54, 1.807) is 0 Å². The first-order chi connectivity index (χ1) is 6.93. The summed E-state index contributed by atoms with van der Waals surface area (Å²) in [4.78, 5) is 14.1. The van der Waals surface area contributed by atoms with Crippen molar-refractivity contribution >= 4 is 17.6 Å². The number of aromatic nitrogens is 1. The Labute approximate surface area is 89.7 Å². The van der Waals surface area contributed by atoms with E-state index in [1.165, 1.54) is 13.1 Å². The molecule has 1 aromatic rings. The number of carboxylic acids is 1. The van der Waals surface area contributed by atoms with Crippen LogP contribution in [0.3, 0.4) is 0 Å². The lowest BCUT2D eigenvalue weighted by Gasteiger charge is -2.09. The molecule has 0 fully saturated rings. The zero-order chi connectivity index (χ0) is 11.6. The van der Waals surface area contributed by atoms with Crippen LogP contribution in [0.1, 0.15) is 23.2 Å². The predicted molar refractivity (Wildman–Crippen MR) is 50.3 cm³/mol. The first kappa shape index (κ1) is 11.8. The summed E-state index contributed by atoms with van der Waals surface area (Å²) in [5, 5.41) is 8.39. The summed E-state index contributed by atoms with van der Waals surface area (Å²) in [5.41, 5.74) is -0.270. The molecule has 15 heavy (non-hydrogen) atoms. The summed E-state index contributed by atoms with van der Waals surface area (Å²) >= 11 is 5.66. The lowest BCUT2D eigenvalue weighted by Crippen LogP contribution is -2.07. The fraction of sp³-hybridized carbons (Fsp3) is 0.333. The molecule has 1 rings (SSSR count). The molecule has 0 amide bonds. The lowest BCUT2D eigenvalue weighted by atomic mass is 10.1. The van der Waals surface area contributed by atoms with Gasteiger partial charge in [-0.1, -0.05) is 11.6 Å². The highest BCUT2D eigenvalue weighted by Gasteiger charge is 2.21. The van der Waals surface area contributed by atoms with E-state index in [0.29, 0.717) is 5.56 Å². The normalized spacial score (nSPS) is 10.7. The van der Waals surface area contributed by atoms with Crippen molar-refractivity contribution in [2.45, 2.75) is 19.8 Å². The Kier molecular flexibility index (Phi) is 3.57. The maximum Gasteiger partial charge on any atom is 0.309 e. The van der Waals surface area contributed by atoms with Gasteiger partial charge in [0.1, 0.15) is 0 Å². The second-order valence-corrected chi connectivity index (χ2v) is 3.36. The number of rotatable bonds is 3. The molecule has 0 aliphatic rings. The largest absolute Gasteiger partial charge is 0.481 e. The van der Waals surface area contributed by atoms with Gasteiger partial charge in [-0.05, 0) is 12.5 Å². The highest BCUT2D eigenvalue weighted by atomic mass is 35.5. The van der Waals surface area contributed by atoms with Crippen LogP contribution in [0.4, 0.5) is 8.78 Å². The summed E-state index contributed by atoms with van der Waals surface area (Å²) in [6.07, 6.45) is -2.09. The number of halogens is 3. The number of aryl methyl sites for hydroxylation is 1. The Morgan fingerprint density at radius 3 is 2.73 bits per heavy atom. The highest BCUT2D eigenvalue weighted by Crippen LogP contribution is 2.31. The van der Waals surface area contributed by atoms with Crippen LogP contribution in [0.25, 0.3) is 0 Å². The molecule has 0 saturated heterocycles. The molecule has 0 aliphatic heterocycles. The Morgan fingerprint density at radius 2 is 2.27 bits per heavy atom. The van der Waals surface area contributed by atoms with E-state index in [4.69, 9.17) is 16.7 Å². The summed E-state index contributed by atoms with van der Waals surface area (Å²) in [5.74, 6) is -1.22. The van der Waals surface area contributed by atoms with Gasteiger partial charge in [-0.2, -0.15) is 0 Å². The summed E-state index contributed by atoms with van der Waals surface area (Å²) < 4.78 is 25.2. The van der Waals surface area contributed by atoms with Crippen molar-refractivity contribution in [3.05, 3.63) is 28.0 Å². The number of hydrogen-bond donors (Lipinski definition) is 1. The summed E-state index contributed by atoms with van der Waals surface area (Å²) in [7, 11) is 0. The van der Waals surface area contributed by atoms with Crippen LogP contribution in [-0.2, 0) is 11.2 Å². The highest BCUT2D eigenvalue weighted by molar-refractivity contribution is 6.32. The molecular formula is C9H8ClF2NO2. The average Bonchev–Trinajstić information content (AvgIpc) is 2.10. The first-order valence-corrected chi connectivity index (χ1v) is 4.45. The van der Waals surface area contributed by atoms with Crippen molar-refractivity contribution in [2.75, 3.05) is 0 Å². The molecule has 0 unspecified atom stereocenters. The number of pyridine rings is 1. The van der Waals surface area contributed by atoms with Crippen molar-refractivity contribution in [1.29, 1.82) is 0 Å². The molecule has 0 saturated carbocycles. The summed E-state index contributed by atoms with van der Waals surface area (Å²) in [6.45, 7) is 1.53. The molecule has 3 nitrogen and oxygen atoms in total. The molecule has 1 aromatic heterocycles. The van der Waals surface area contributed by atoms with Crippen LogP contribution in [0, 0.1) is 6.92 Å². The third kappa shape index (κ3) is 2.62. The Bertz CT molecular complexity index is 396. The Hall–Kier alpha value is -1.23.